The molecule has 0 radical (unpaired) electrons. The molecule has 2 aromatic rings. The highest BCUT2D eigenvalue weighted by Gasteiger charge is 2.29. The number of hydrogen-bond donors (Lipinski definition) is 1. The van der Waals surface area contributed by atoms with Gasteiger partial charge in [0.05, 0.1) is 26.1 Å². The Labute approximate surface area is 172 Å². The van der Waals surface area contributed by atoms with Crippen molar-refractivity contribution >= 4 is 50.8 Å². The quantitative estimate of drug-likeness (QED) is 0.411. The molecule has 148 valence electrons. The summed E-state index contributed by atoms with van der Waals surface area (Å²) in [6.45, 7) is 0.841. The fourth-order valence-corrected chi connectivity index (χ4v) is 4.61. The molecule has 2 aromatic carbocycles. The van der Waals surface area contributed by atoms with E-state index >= 15 is 0 Å². The van der Waals surface area contributed by atoms with Crippen molar-refractivity contribution in [2.24, 2.45) is 5.10 Å². The van der Waals surface area contributed by atoms with Crippen molar-refractivity contribution in [2.45, 2.75) is 17.7 Å². The summed E-state index contributed by atoms with van der Waals surface area (Å²) >= 11 is 11.8. The van der Waals surface area contributed by atoms with Gasteiger partial charge in [0, 0.05) is 19.2 Å². The van der Waals surface area contributed by atoms with Crippen LogP contribution in [0.3, 0.4) is 0 Å². The van der Waals surface area contributed by atoms with Crippen molar-refractivity contribution in [1.29, 1.82) is 0 Å². The van der Waals surface area contributed by atoms with Gasteiger partial charge in [0.1, 0.15) is 5.69 Å². The van der Waals surface area contributed by atoms with Crippen LogP contribution < -0.4 is 5.43 Å². The van der Waals surface area contributed by atoms with Crippen molar-refractivity contribution < 1.29 is 13.3 Å². The molecule has 1 saturated heterocycles. The van der Waals surface area contributed by atoms with Crippen molar-refractivity contribution in [1.82, 2.24) is 4.31 Å². The molecule has 8 nitrogen and oxygen atoms in total. The van der Waals surface area contributed by atoms with E-state index in [-0.39, 0.29) is 16.3 Å². The summed E-state index contributed by atoms with van der Waals surface area (Å²) in [7, 11) is -3.75. The third-order valence-electron chi connectivity index (χ3n) is 4.21. The first-order valence-corrected chi connectivity index (χ1v) is 10.5. The number of sulfonamides is 1. The van der Waals surface area contributed by atoms with Gasteiger partial charge in [0.2, 0.25) is 10.0 Å². The summed E-state index contributed by atoms with van der Waals surface area (Å²) in [5.41, 5.74) is 2.89. The van der Waals surface area contributed by atoms with Crippen LogP contribution in [-0.4, -0.2) is 37.0 Å². The molecular formula is C17H16Cl2N4O4S. The number of nitro benzene ring substituents is 1. The van der Waals surface area contributed by atoms with Crippen LogP contribution in [0.5, 0.6) is 0 Å². The van der Waals surface area contributed by atoms with Crippen molar-refractivity contribution in [3.8, 4) is 0 Å². The van der Waals surface area contributed by atoms with E-state index in [0.29, 0.717) is 28.7 Å². The Morgan fingerprint density at radius 1 is 1.11 bits per heavy atom. The molecule has 1 aliphatic rings. The molecule has 0 saturated carbocycles. The van der Waals surface area contributed by atoms with Crippen LogP contribution >= 0.6 is 23.2 Å². The highest BCUT2D eigenvalue weighted by atomic mass is 35.5. The molecular weight excluding hydrogens is 427 g/mol. The molecule has 0 aromatic heterocycles. The highest BCUT2D eigenvalue weighted by molar-refractivity contribution is 7.89. The monoisotopic (exact) mass is 442 g/mol. The van der Waals surface area contributed by atoms with E-state index in [0.717, 1.165) is 18.9 Å². The van der Waals surface area contributed by atoms with Crippen molar-refractivity contribution in [3.05, 3.63) is 62.1 Å². The van der Waals surface area contributed by atoms with Gasteiger partial charge in [-0.25, -0.2) is 8.42 Å². The lowest BCUT2D eigenvalue weighted by molar-refractivity contribution is -0.384. The van der Waals surface area contributed by atoms with Gasteiger partial charge in [-0.1, -0.05) is 29.3 Å². The lowest BCUT2D eigenvalue weighted by atomic mass is 10.2. The number of nitrogens with one attached hydrogen (secondary N) is 1. The Morgan fingerprint density at radius 2 is 1.82 bits per heavy atom. The summed E-state index contributed by atoms with van der Waals surface area (Å²) in [6.07, 6.45) is 2.98. The maximum Gasteiger partial charge on any atom is 0.295 e. The van der Waals surface area contributed by atoms with E-state index in [9.17, 15) is 18.5 Å². The average molecular weight is 443 g/mol. The maximum atomic E-state index is 12.6. The molecule has 0 aliphatic carbocycles. The van der Waals surface area contributed by atoms with Crippen molar-refractivity contribution in [2.75, 3.05) is 18.5 Å². The summed E-state index contributed by atoms with van der Waals surface area (Å²) in [5, 5.41) is 16.1. The lowest BCUT2D eigenvalue weighted by Gasteiger charge is -2.15. The molecule has 0 unspecified atom stereocenters. The van der Waals surface area contributed by atoms with E-state index in [1.54, 1.807) is 18.2 Å². The number of rotatable bonds is 6. The molecule has 3 rings (SSSR count). The summed E-state index contributed by atoms with van der Waals surface area (Å²) in [5.74, 6) is 0. The first-order chi connectivity index (χ1) is 13.3. The molecule has 1 heterocycles. The zero-order valence-electron chi connectivity index (χ0n) is 14.5. The fourth-order valence-electron chi connectivity index (χ4n) is 2.76. The van der Waals surface area contributed by atoms with Crippen LogP contribution in [0.1, 0.15) is 18.4 Å². The highest BCUT2D eigenvalue weighted by Crippen LogP contribution is 2.30. The third kappa shape index (κ3) is 4.44. The van der Waals surface area contributed by atoms with E-state index < -0.39 is 14.9 Å². The van der Waals surface area contributed by atoms with Gasteiger partial charge < -0.3 is 0 Å². The van der Waals surface area contributed by atoms with Crippen LogP contribution in [0.2, 0.25) is 10.0 Å². The second-order valence-electron chi connectivity index (χ2n) is 6.09. The minimum atomic E-state index is -3.75. The Bertz CT molecular complexity index is 1040. The van der Waals surface area contributed by atoms with Gasteiger partial charge in [-0.3, -0.25) is 15.5 Å². The number of nitro groups is 1. The van der Waals surface area contributed by atoms with Gasteiger partial charge in [-0.2, -0.15) is 9.41 Å². The molecule has 0 spiro atoms. The summed E-state index contributed by atoms with van der Waals surface area (Å²) in [4.78, 5) is 10.6. The predicted molar refractivity (Wildman–Crippen MR) is 109 cm³/mol. The van der Waals surface area contributed by atoms with Gasteiger partial charge in [0.25, 0.3) is 5.69 Å². The minimum absolute atomic E-state index is 0.0710. The smallest absolute Gasteiger partial charge is 0.272 e. The third-order valence-corrected chi connectivity index (χ3v) is 6.84. The lowest BCUT2D eigenvalue weighted by Crippen LogP contribution is -2.27. The summed E-state index contributed by atoms with van der Waals surface area (Å²) in [6, 6.07) is 8.58. The number of halogens is 2. The number of nitrogens with zero attached hydrogens (tertiary/aromatic N) is 3. The number of anilines is 1. The minimum Gasteiger partial charge on any atom is -0.272 e. The SMILES string of the molecule is O=[N+]([O-])c1cc(S(=O)(=O)N2CCCC2)ccc1N/N=C/c1ccc(Cl)c(Cl)c1. The van der Waals surface area contributed by atoms with E-state index in [2.05, 4.69) is 10.5 Å². The zero-order chi connectivity index (χ0) is 20.3. The molecule has 28 heavy (non-hydrogen) atoms. The van der Waals surface area contributed by atoms with Gasteiger partial charge in [-0.05, 0) is 42.7 Å². The Kier molecular flexibility index (Phi) is 6.19. The van der Waals surface area contributed by atoms with Crippen LogP contribution in [0, 0.1) is 10.1 Å². The molecule has 11 heteroatoms. The van der Waals surface area contributed by atoms with Gasteiger partial charge in [0.15, 0.2) is 0 Å². The predicted octanol–water partition coefficient (Wildman–Crippen LogP) is 4.13. The molecule has 0 bridgehead atoms. The Hall–Kier alpha value is -2.20. The second-order valence-corrected chi connectivity index (χ2v) is 8.84. The first-order valence-electron chi connectivity index (χ1n) is 8.32. The average Bonchev–Trinajstić information content (AvgIpc) is 3.20. The first kappa shape index (κ1) is 20.5. The summed E-state index contributed by atoms with van der Waals surface area (Å²) < 4.78 is 26.6. The number of hydrogen-bond acceptors (Lipinski definition) is 6. The van der Waals surface area contributed by atoms with Gasteiger partial charge >= 0.3 is 0 Å². The standard InChI is InChI=1S/C17H16Cl2N4O4S/c18-14-5-3-12(9-15(14)19)11-20-21-16-6-4-13(10-17(16)23(24)25)28(26,27)22-7-1-2-8-22/h3-6,9-11,21H,1-2,7-8H2/b20-11+. The second kappa shape index (κ2) is 8.44. The Morgan fingerprint density at radius 3 is 2.46 bits per heavy atom. The van der Waals surface area contributed by atoms with Crippen LogP contribution in [0.15, 0.2) is 46.4 Å². The van der Waals surface area contributed by atoms with Crippen molar-refractivity contribution in [3.63, 3.8) is 0 Å². The Balaban J connectivity index is 1.84. The molecule has 0 amide bonds. The normalized spacial score (nSPS) is 15.2. The van der Waals surface area contributed by atoms with Crippen LogP contribution in [-0.2, 0) is 10.0 Å². The molecule has 1 aliphatic heterocycles. The molecule has 1 fully saturated rings. The van der Waals surface area contributed by atoms with E-state index in [1.807, 2.05) is 0 Å². The van der Waals surface area contributed by atoms with E-state index in [1.165, 1.54) is 22.7 Å². The largest absolute Gasteiger partial charge is 0.295 e. The van der Waals surface area contributed by atoms with Gasteiger partial charge in [-0.15, -0.1) is 0 Å². The maximum absolute atomic E-state index is 12.6. The molecule has 0 atom stereocenters. The van der Waals surface area contributed by atoms with E-state index in [4.69, 9.17) is 23.2 Å². The van der Waals surface area contributed by atoms with Crippen LogP contribution in [0.25, 0.3) is 0 Å². The topological polar surface area (TPSA) is 105 Å². The zero-order valence-corrected chi connectivity index (χ0v) is 16.8. The number of benzene rings is 2. The molecule has 1 N–H and O–H groups in total. The number of hydrazone groups is 1. The fraction of sp³-hybridized carbons (Fsp3) is 0.235. The van der Waals surface area contributed by atoms with Crippen LogP contribution in [0.4, 0.5) is 11.4 Å².